The van der Waals surface area contributed by atoms with Crippen LogP contribution in [0.25, 0.3) is 0 Å². The number of rotatable bonds is 6. The van der Waals surface area contributed by atoms with E-state index in [9.17, 15) is 14.4 Å². The lowest BCUT2D eigenvalue weighted by molar-refractivity contribution is -0.196. The Bertz CT molecular complexity index is 784. The van der Waals surface area contributed by atoms with Crippen molar-refractivity contribution in [2.24, 2.45) is 5.92 Å². The number of carbonyl (C=O) groups excluding carboxylic acids is 3. The van der Waals surface area contributed by atoms with Gasteiger partial charge in [-0.05, 0) is 24.6 Å². The number of hydrogen-bond donors (Lipinski definition) is 0. The molecular weight excluding hydrogens is 396 g/mol. The predicted molar refractivity (Wildman–Crippen MR) is 102 cm³/mol. The molecule has 0 aromatic heterocycles. The number of benzene rings is 1. The van der Waals surface area contributed by atoms with Gasteiger partial charge in [0.15, 0.2) is 6.04 Å². The average molecular weight is 422 g/mol. The predicted octanol–water partition coefficient (Wildman–Crippen LogP) is 0.983. The van der Waals surface area contributed by atoms with Crippen LogP contribution in [0.3, 0.4) is 0 Å². The molecule has 0 bridgehead atoms. The number of ether oxygens (including phenoxy) is 4. The van der Waals surface area contributed by atoms with Gasteiger partial charge < -0.3 is 18.9 Å². The van der Waals surface area contributed by atoms with E-state index in [4.69, 9.17) is 23.8 Å². The summed E-state index contributed by atoms with van der Waals surface area (Å²) in [6.45, 7) is 2.29. The molecule has 2 saturated heterocycles. The number of likely N-dealkylation sites (tertiary alicyclic amines) is 1. The summed E-state index contributed by atoms with van der Waals surface area (Å²) in [4.78, 5) is 44.7. The minimum Gasteiger partial charge on any atom is -0.497 e. The molecule has 2 heterocycles. The van der Waals surface area contributed by atoms with Crippen molar-refractivity contribution in [2.45, 2.75) is 31.7 Å². The summed E-state index contributed by atoms with van der Waals surface area (Å²) in [5.74, 6) is -0.888. The van der Waals surface area contributed by atoms with Crippen molar-refractivity contribution in [3.05, 3.63) is 29.8 Å². The molecular formula is C20H26N2O8. The molecule has 1 unspecified atom stereocenters. The lowest BCUT2D eigenvalue weighted by atomic mass is 9.95. The SMILES string of the molecule is CCOC(=O)C1[C@H]2CN(C(=O)OC)[C@H](C(=O)OC)[C@H]2ON1Cc1ccc(OC)cc1. The van der Waals surface area contributed by atoms with Crippen molar-refractivity contribution in [2.75, 3.05) is 34.5 Å². The molecule has 0 spiro atoms. The maximum Gasteiger partial charge on any atom is 0.410 e. The summed E-state index contributed by atoms with van der Waals surface area (Å²) in [5, 5.41) is 1.51. The van der Waals surface area contributed by atoms with Crippen LogP contribution in [-0.2, 0) is 35.2 Å². The van der Waals surface area contributed by atoms with Crippen molar-refractivity contribution in [3.63, 3.8) is 0 Å². The molecule has 0 aliphatic carbocycles. The molecule has 164 valence electrons. The van der Waals surface area contributed by atoms with Gasteiger partial charge in [0.25, 0.3) is 0 Å². The highest BCUT2D eigenvalue weighted by Gasteiger charge is 2.60. The van der Waals surface area contributed by atoms with Gasteiger partial charge in [-0.25, -0.2) is 9.59 Å². The van der Waals surface area contributed by atoms with Crippen molar-refractivity contribution < 1.29 is 38.2 Å². The summed E-state index contributed by atoms with van der Waals surface area (Å²) in [6.07, 6.45) is -1.45. The molecule has 1 aromatic rings. The highest BCUT2D eigenvalue weighted by molar-refractivity contribution is 5.84. The zero-order valence-corrected chi connectivity index (χ0v) is 17.4. The number of nitrogens with zero attached hydrogens (tertiary/aromatic N) is 2. The monoisotopic (exact) mass is 422 g/mol. The number of hydroxylamine groups is 2. The topological polar surface area (TPSA) is 104 Å². The quantitative estimate of drug-likeness (QED) is 0.490. The number of fused-ring (bicyclic) bond motifs is 1. The molecule has 1 amide bonds. The fraction of sp³-hybridized carbons (Fsp3) is 0.550. The molecule has 2 fully saturated rings. The maximum absolute atomic E-state index is 12.8. The third-order valence-electron chi connectivity index (χ3n) is 5.33. The minimum absolute atomic E-state index is 0.0969. The number of methoxy groups -OCH3 is 3. The highest BCUT2D eigenvalue weighted by Crippen LogP contribution is 2.40. The normalized spacial score (nSPS) is 25.5. The van der Waals surface area contributed by atoms with Crippen molar-refractivity contribution in [1.29, 1.82) is 0 Å². The van der Waals surface area contributed by atoms with E-state index in [0.29, 0.717) is 5.75 Å². The zero-order valence-electron chi connectivity index (χ0n) is 17.4. The highest BCUT2D eigenvalue weighted by atomic mass is 16.7. The Balaban J connectivity index is 1.89. The molecule has 0 N–H and O–H groups in total. The van der Waals surface area contributed by atoms with Gasteiger partial charge in [0.05, 0.1) is 34.5 Å². The second-order valence-corrected chi connectivity index (χ2v) is 6.94. The van der Waals surface area contributed by atoms with Crippen LogP contribution in [0.1, 0.15) is 12.5 Å². The standard InChI is InChI=1S/C20H26N2O8/c1-5-29-19(24)15-14-11-21(20(25)28-4)16(18(23)27-3)17(14)30-22(15)10-12-6-8-13(26-2)9-7-12/h6-9,14-17H,5,10-11H2,1-4H3/t14-,15?,16+,17+/m1/s1. The summed E-state index contributed by atoms with van der Waals surface area (Å²) in [6, 6.07) is 5.52. The van der Waals surface area contributed by atoms with Crippen molar-refractivity contribution >= 4 is 18.0 Å². The summed E-state index contributed by atoms with van der Waals surface area (Å²) >= 11 is 0. The van der Waals surface area contributed by atoms with Crippen LogP contribution in [0, 0.1) is 5.92 Å². The van der Waals surface area contributed by atoms with E-state index >= 15 is 0 Å². The van der Waals surface area contributed by atoms with Crippen LogP contribution in [0.5, 0.6) is 5.75 Å². The molecule has 0 saturated carbocycles. The molecule has 1 aromatic carbocycles. The third-order valence-corrected chi connectivity index (χ3v) is 5.33. The number of carbonyl (C=O) groups is 3. The summed E-state index contributed by atoms with van der Waals surface area (Å²) in [7, 11) is 4.04. The number of esters is 2. The van der Waals surface area contributed by atoms with E-state index < -0.39 is 42.1 Å². The zero-order chi connectivity index (χ0) is 21.8. The van der Waals surface area contributed by atoms with Crippen LogP contribution in [0.15, 0.2) is 24.3 Å². The van der Waals surface area contributed by atoms with Crippen LogP contribution < -0.4 is 4.74 Å². The van der Waals surface area contributed by atoms with E-state index in [1.54, 1.807) is 14.0 Å². The Morgan fingerprint density at radius 2 is 1.73 bits per heavy atom. The van der Waals surface area contributed by atoms with E-state index in [-0.39, 0.29) is 19.7 Å². The Labute approximate surface area is 174 Å². The maximum atomic E-state index is 12.8. The second kappa shape index (κ2) is 9.31. The van der Waals surface area contributed by atoms with Gasteiger partial charge in [-0.1, -0.05) is 12.1 Å². The lowest BCUT2D eigenvalue weighted by Gasteiger charge is -2.28. The van der Waals surface area contributed by atoms with Gasteiger partial charge >= 0.3 is 18.0 Å². The van der Waals surface area contributed by atoms with E-state index in [1.165, 1.54) is 24.2 Å². The first-order chi connectivity index (χ1) is 14.4. The molecule has 30 heavy (non-hydrogen) atoms. The van der Waals surface area contributed by atoms with Crippen LogP contribution in [-0.4, -0.2) is 80.7 Å². The van der Waals surface area contributed by atoms with Crippen molar-refractivity contribution in [3.8, 4) is 5.75 Å². The van der Waals surface area contributed by atoms with Crippen LogP contribution in [0.4, 0.5) is 4.79 Å². The van der Waals surface area contributed by atoms with Gasteiger partial charge in [-0.15, -0.1) is 0 Å². The van der Waals surface area contributed by atoms with Gasteiger partial charge in [-0.2, -0.15) is 5.06 Å². The fourth-order valence-electron chi connectivity index (χ4n) is 3.96. The third kappa shape index (κ3) is 4.05. The molecule has 2 aliphatic rings. The molecule has 3 rings (SSSR count). The molecule has 0 radical (unpaired) electrons. The minimum atomic E-state index is -1.02. The first-order valence-electron chi connectivity index (χ1n) is 9.60. The largest absolute Gasteiger partial charge is 0.497 e. The Kier molecular flexibility index (Phi) is 6.78. The van der Waals surface area contributed by atoms with Gasteiger partial charge in [-0.3, -0.25) is 14.5 Å². The average Bonchev–Trinajstić information content (AvgIpc) is 3.28. The van der Waals surface area contributed by atoms with Crippen LogP contribution in [0.2, 0.25) is 0 Å². The molecule has 4 atom stereocenters. The van der Waals surface area contributed by atoms with E-state index in [0.717, 1.165) is 5.56 Å². The summed E-state index contributed by atoms with van der Waals surface area (Å²) in [5.41, 5.74) is 0.879. The first-order valence-corrected chi connectivity index (χ1v) is 9.60. The van der Waals surface area contributed by atoms with E-state index in [1.807, 2.05) is 24.3 Å². The van der Waals surface area contributed by atoms with Crippen LogP contribution >= 0.6 is 0 Å². The molecule has 10 nitrogen and oxygen atoms in total. The lowest BCUT2D eigenvalue weighted by Crippen LogP contribution is -2.47. The Hall–Kier alpha value is -2.85. The Morgan fingerprint density at radius 3 is 2.30 bits per heavy atom. The van der Waals surface area contributed by atoms with Gasteiger partial charge in [0, 0.05) is 12.5 Å². The van der Waals surface area contributed by atoms with Gasteiger partial charge in [0.2, 0.25) is 0 Å². The van der Waals surface area contributed by atoms with E-state index in [2.05, 4.69) is 0 Å². The first kappa shape index (κ1) is 21.8. The number of amides is 1. The summed E-state index contributed by atoms with van der Waals surface area (Å²) < 4.78 is 20.1. The van der Waals surface area contributed by atoms with Gasteiger partial charge in [0.1, 0.15) is 17.9 Å². The van der Waals surface area contributed by atoms with Crippen molar-refractivity contribution in [1.82, 2.24) is 9.96 Å². The smallest absolute Gasteiger partial charge is 0.410 e. The Morgan fingerprint density at radius 1 is 1.03 bits per heavy atom. The fourth-order valence-corrected chi connectivity index (χ4v) is 3.96. The second-order valence-electron chi connectivity index (χ2n) is 6.94. The molecule has 10 heteroatoms. The number of hydrogen-bond acceptors (Lipinski definition) is 9. The molecule has 2 aliphatic heterocycles.